The van der Waals surface area contributed by atoms with E-state index in [4.69, 9.17) is 9.47 Å². The van der Waals surface area contributed by atoms with Crippen LogP contribution in [0.4, 0.5) is 0 Å². The van der Waals surface area contributed by atoms with Crippen LogP contribution in [0, 0.1) is 11.8 Å². The molecule has 0 aliphatic carbocycles. The molecule has 3 heteroatoms. The molecule has 0 saturated heterocycles. The molecule has 0 amide bonds. The number of methoxy groups -OCH3 is 2. The summed E-state index contributed by atoms with van der Waals surface area (Å²) in [5.41, 5.74) is 1.25. The fraction of sp³-hybridized carbons (Fsp3) is 0.478. The molecule has 2 nitrogen and oxygen atoms in total. The highest BCUT2D eigenvalue weighted by atomic mass is 32.2. The van der Waals surface area contributed by atoms with Crippen molar-refractivity contribution >= 4 is 11.8 Å². The molecule has 0 aromatic heterocycles. The van der Waals surface area contributed by atoms with Crippen molar-refractivity contribution in [2.45, 2.75) is 44.8 Å². The van der Waals surface area contributed by atoms with E-state index in [0.717, 1.165) is 5.75 Å². The lowest BCUT2D eigenvalue weighted by atomic mass is 9.89. The second-order valence-electron chi connectivity index (χ2n) is 6.64. The van der Waals surface area contributed by atoms with Crippen LogP contribution in [0.3, 0.4) is 0 Å². The van der Waals surface area contributed by atoms with E-state index in [2.05, 4.69) is 81.5 Å². The smallest absolute Gasteiger partial charge is 0.0805 e. The lowest BCUT2D eigenvalue weighted by Crippen LogP contribution is -2.36. The third-order valence-corrected chi connectivity index (χ3v) is 5.92. The lowest BCUT2D eigenvalue weighted by molar-refractivity contribution is -0.0277. The van der Waals surface area contributed by atoms with Gasteiger partial charge in [0, 0.05) is 30.8 Å². The Bertz CT molecular complexity index is 577. The number of benzene rings is 1. The Morgan fingerprint density at radius 1 is 1.08 bits per heavy atom. The topological polar surface area (TPSA) is 18.5 Å². The van der Waals surface area contributed by atoms with Crippen molar-refractivity contribution in [2.75, 3.05) is 20.0 Å². The summed E-state index contributed by atoms with van der Waals surface area (Å²) in [6.45, 7) is 8.60. The van der Waals surface area contributed by atoms with Gasteiger partial charge in [0.25, 0.3) is 0 Å². The SMILES string of the molecule is C/C=C(C)/C=C/C=C/[C@H](OC)[C@H](C)[C@H](OC)[C@H](C)CSc1ccccc1. The van der Waals surface area contributed by atoms with Gasteiger partial charge >= 0.3 is 0 Å². The molecule has 0 spiro atoms. The van der Waals surface area contributed by atoms with Gasteiger partial charge < -0.3 is 9.47 Å². The van der Waals surface area contributed by atoms with Crippen LogP contribution in [0.2, 0.25) is 0 Å². The normalized spacial score (nSPS) is 17.5. The first-order valence-corrected chi connectivity index (χ1v) is 10.2. The van der Waals surface area contributed by atoms with E-state index in [1.807, 2.05) is 18.7 Å². The van der Waals surface area contributed by atoms with Crippen LogP contribution in [0.5, 0.6) is 0 Å². The molecule has 1 aromatic rings. The maximum absolute atomic E-state index is 5.85. The Morgan fingerprint density at radius 2 is 1.77 bits per heavy atom. The Kier molecular flexibility index (Phi) is 11.3. The highest BCUT2D eigenvalue weighted by Gasteiger charge is 2.28. The van der Waals surface area contributed by atoms with Gasteiger partial charge in [0.2, 0.25) is 0 Å². The number of thioether (sulfide) groups is 1. The number of ether oxygens (including phenoxy) is 2. The third-order valence-electron chi connectivity index (χ3n) is 4.62. The minimum absolute atomic E-state index is 0.0275. The third kappa shape index (κ3) is 7.94. The van der Waals surface area contributed by atoms with Crippen molar-refractivity contribution in [3.05, 3.63) is 66.3 Å². The van der Waals surface area contributed by atoms with Crippen molar-refractivity contribution in [1.29, 1.82) is 0 Å². The van der Waals surface area contributed by atoms with Crippen molar-refractivity contribution in [1.82, 2.24) is 0 Å². The molecule has 1 rings (SSSR count). The summed E-state index contributed by atoms with van der Waals surface area (Å²) in [6, 6.07) is 10.5. The fourth-order valence-corrected chi connectivity index (χ4v) is 3.93. The first-order chi connectivity index (χ1) is 12.5. The zero-order valence-electron chi connectivity index (χ0n) is 17.0. The molecule has 0 aliphatic rings. The first kappa shape index (κ1) is 22.8. The highest BCUT2D eigenvalue weighted by Crippen LogP contribution is 2.27. The summed E-state index contributed by atoms with van der Waals surface area (Å²) in [5.74, 6) is 1.71. The summed E-state index contributed by atoms with van der Waals surface area (Å²) < 4.78 is 11.6. The molecule has 0 N–H and O–H groups in total. The first-order valence-electron chi connectivity index (χ1n) is 9.24. The zero-order valence-corrected chi connectivity index (χ0v) is 17.8. The lowest BCUT2D eigenvalue weighted by Gasteiger charge is -2.31. The van der Waals surface area contributed by atoms with Gasteiger partial charge in [-0.15, -0.1) is 11.8 Å². The highest BCUT2D eigenvalue weighted by molar-refractivity contribution is 7.99. The number of hydrogen-bond donors (Lipinski definition) is 0. The molecule has 26 heavy (non-hydrogen) atoms. The second-order valence-corrected chi connectivity index (χ2v) is 7.73. The van der Waals surface area contributed by atoms with Gasteiger partial charge in [0.15, 0.2) is 0 Å². The van der Waals surface area contributed by atoms with Crippen LogP contribution in [0.15, 0.2) is 71.2 Å². The summed E-state index contributed by atoms with van der Waals surface area (Å²) in [6.07, 6.45) is 10.6. The van der Waals surface area contributed by atoms with Crippen LogP contribution in [0.1, 0.15) is 27.7 Å². The average Bonchev–Trinajstić information content (AvgIpc) is 2.67. The van der Waals surface area contributed by atoms with E-state index >= 15 is 0 Å². The molecule has 0 radical (unpaired) electrons. The maximum atomic E-state index is 5.85. The van der Waals surface area contributed by atoms with Gasteiger partial charge in [0.05, 0.1) is 12.2 Å². The van der Waals surface area contributed by atoms with E-state index in [-0.39, 0.29) is 18.1 Å². The molecular weight excluding hydrogens is 340 g/mol. The summed E-state index contributed by atoms with van der Waals surface area (Å²) in [5, 5.41) is 0. The largest absolute Gasteiger partial charge is 0.381 e. The predicted octanol–water partition coefficient (Wildman–Crippen LogP) is 6.16. The van der Waals surface area contributed by atoms with Crippen LogP contribution >= 0.6 is 11.8 Å². The molecule has 1 aromatic carbocycles. The van der Waals surface area contributed by atoms with Gasteiger partial charge in [0.1, 0.15) is 0 Å². The van der Waals surface area contributed by atoms with Crippen LogP contribution in [-0.2, 0) is 9.47 Å². The Balaban J connectivity index is 2.66. The van der Waals surface area contributed by atoms with Crippen molar-refractivity contribution in [3.63, 3.8) is 0 Å². The van der Waals surface area contributed by atoms with Crippen molar-refractivity contribution < 1.29 is 9.47 Å². The van der Waals surface area contributed by atoms with Gasteiger partial charge in [-0.2, -0.15) is 0 Å². The second kappa shape index (κ2) is 13.0. The molecule has 0 heterocycles. The Morgan fingerprint density at radius 3 is 2.35 bits per heavy atom. The molecule has 0 fully saturated rings. The zero-order chi connectivity index (χ0) is 19.4. The summed E-state index contributed by atoms with van der Waals surface area (Å²) in [7, 11) is 3.57. The number of hydrogen-bond acceptors (Lipinski definition) is 3. The van der Waals surface area contributed by atoms with Crippen molar-refractivity contribution in [3.8, 4) is 0 Å². The van der Waals surface area contributed by atoms with E-state index < -0.39 is 0 Å². The minimum Gasteiger partial charge on any atom is -0.381 e. The number of allylic oxidation sites excluding steroid dienone is 5. The molecule has 0 unspecified atom stereocenters. The quantitative estimate of drug-likeness (QED) is 0.341. The summed E-state index contributed by atoms with van der Waals surface area (Å²) >= 11 is 1.88. The average molecular weight is 375 g/mol. The molecule has 4 atom stereocenters. The maximum Gasteiger partial charge on any atom is 0.0805 e. The molecule has 144 valence electrons. The number of rotatable bonds is 11. The van der Waals surface area contributed by atoms with Gasteiger partial charge in [-0.25, -0.2) is 0 Å². The van der Waals surface area contributed by atoms with E-state index in [1.54, 1.807) is 14.2 Å². The van der Waals surface area contributed by atoms with Crippen LogP contribution < -0.4 is 0 Å². The fourth-order valence-electron chi connectivity index (χ4n) is 2.94. The van der Waals surface area contributed by atoms with Crippen LogP contribution in [0.25, 0.3) is 0 Å². The molecule has 0 aliphatic heterocycles. The van der Waals surface area contributed by atoms with E-state index in [9.17, 15) is 0 Å². The monoisotopic (exact) mass is 374 g/mol. The van der Waals surface area contributed by atoms with Crippen molar-refractivity contribution in [2.24, 2.45) is 11.8 Å². The summed E-state index contributed by atoms with van der Waals surface area (Å²) in [4.78, 5) is 1.30. The molecule has 0 saturated carbocycles. The molecular formula is C23H34O2S. The van der Waals surface area contributed by atoms with Gasteiger partial charge in [-0.1, -0.05) is 68.0 Å². The standard InChI is InChI=1S/C23H34O2S/c1-7-18(2)13-11-12-16-22(24-5)20(4)23(25-6)19(3)17-26-21-14-9-8-10-15-21/h7-16,19-20,22-23H,17H2,1-6H3/b13-11+,16-12+,18-7+/t19-,20+,22+,23-/m1/s1. The van der Waals surface area contributed by atoms with Gasteiger partial charge in [-0.3, -0.25) is 0 Å². The van der Waals surface area contributed by atoms with Gasteiger partial charge in [-0.05, 0) is 31.9 Å². The predicted molar refractivity (Wildman–Crippen MR) is 115 cm³/mol. The van der Waals surface area contributed by atoms with Crippen LogP contribution in [-0.4, -0.2) is 32.2 Å². The van der Waals surface area contributed by atoms with E-state index in [0.29, 0.717) is 5.92 Å². The Hall–Kier alpha value is -1.29. The van der Waals surface area contributed by atoms with E-state index in [1.165, 1.54) is 10.5 Å². The Labute approximate surface area is 164 Å². The molecule has 0 bridgehead atoms. The minimum atomic E-state index is 0.0275.